The minimum Gasteiger partial charge on any atom is -0.460 e. The van der Waals surface area contributed by atoms with Crippen molar-refractivity contribution in [2.45, 2.75) is 52.0 Å². The Labute approximate surface area is 204 Å². The molecule has 2 aromatic rings. The number of esters is 2. The van der Waals surface area contributed by atoms with Gasteiger partial charge in [0.15, 0.2) is 0 Å². The maximum atomic E-state index is 13.2. The van der Waals surface area contributed by atoms with Crippen molar-refractivity contribution in [1.82, 2.24) is 4.90 Å². The molecule has 0 unspecified atom stereocenters. The third-order valence-electron chi connectivity index (χ3n) is 4.56. The fraction of sp³-hybridized carbons (Fsp3) is 0.385. The zero-order valence-corrected chi connectivity index (χ0v) is 21.2. The molecule has 0 spiro atoms. The van der Waals surface area contributed by atoms with Gasteiger partial charge in [0, 0.05) is 17.5 Å². The smallest absolute Gasteiger partial charge is 0.324 e. The Hall–Kier alpha value is -2.19. The van der Waals surface area contributed by atoms with Gasteiger partial charge in [0.05, 0.1) is 6.42 Å². The number of rotatable bonds is 11. The van der Waals surface area contributed by atoms with E-state index in [1.165, 1.54) is 0 Å². The number of hydrogen-bond acceptors (Lipinski definition) is 5. The highest BCUT2D eigenvalue weighted by Gasteiger charge is 2.32. The Kier molecular flexibility index (Phi) is 10.4. The second-order valence-corrected chi connectivity index (χ2v) is 9.44. The predicted octanol–water partition coefficient (Wildman–Crippen LogP) is 5.32. The summed E-state index contributed by atoms with van der Waals surface area (Å²) in [5.41, 5.74) is 2.26. The van der Waals surface area contributed by atoms with Crippen molar-refractivity contribution < 1.29 is 19.1 Å². The van der Waals surface area contributed by atoms with Crippen LogP contribution in [0.5, 0.6) is 0 Å². The number of hydrogen-bond donors (Lipinski definition) is 0. The van der Waals surface area contributed by atoms with Crippen LogP contribution in [-0.4, -0.2) is 39.5 Å². The second kappa shape index (κ2) is 12.7. The minimum absolute atomic E-state index is 0.0910. The zero-order chi connectivity index (χ0) is 23.6. The van der Waals surface area contributed by atoms with Crippen LogP contribution in [0.25, 0.3) is 0 Å². The first-order valence-electron chi connectivity index (χ1n) is 10.6. The highest BCUT2D eigenvalue weighted by molar-refractivity contribution is 14.1. The quantitative estimate of drug-likeness (QED) is 0.164. The summed E-state index contributed by atoms with van der Waals surface area (Å²) in [5, 5.41) is 0. The molecule has 0 bridgehead atoms. The lowest BCUT2D eigenvalue weighted by molar-refractivity contribution is -0.163. The summed E-state index contributed by atoms with van der Waals surface area (Å²) in [6.07, 6.45) is -0.0910. The van der Waals surface area contributed by atoms with Crippen molar-refractivity contribution in [3.8, 4) is 0 Å². The number of alkyl halides is 1. The Balaban J connectivity index is 2.26. The van der Waals surface area contributed by atoms with Gasteiger partial charge in [-0.3, -0.25) is 14.5 Å². The average molecular weight is 549 g/mol. The molecule has 0 radical (unpaired) electrons. The van der Waals surface area contributed by atoms with Crippen molar-refractivity contribution >= 4 is 34.5 Å². The lowest BCUT2D eigenvalue weighted by atomic mass is 10.1. The first-order valence-corrected chi connectivity index (χ1v) is 12.1. The monoisotopic (exact) mass is 549 g/mol. The van der Waals surface area contributed by atoms with Gasteiger partial charge in [-0.2, -0.15) is 0 Å². The van der Waals surface area contributed by atoms with Gasteiger partial charge in [-0.05, 0) is 31.9 Å². The van der Waals surface area contributed by atoms with E-state index >= 15 is 0 Å². The molecule has 0 amide bonds. The van der Waals surface area contributed by atoms with Crippen LogP contribution in [0.15, 0.2) is 72.8 Å². The number of carbonyl (C=O) groups is 2. The highest BCUT2D eigenvalue weighted by Crippen LogP contribution is 2.19. The van der Waals surface area contributed by atoms with Crippen LogP contribution in [-0.2, 0) is 32.2 Å². The second-order valence-electron chi connectivity index (χ2n) is 8.67. The normalized spacial score (nSPS) is 12.3. The van der Waals surface area contributed by atoms with Gasteiger partial charge in [-0.15, -0.1) is 0 Å². The highest BCUT2D eigenvalue weighted by atomic mass is 127. The number of ether oxygens (including phenoxy) is 2. The van der Waals surface area contributed by atoms with Gasteiger partial charge in [-0.1, -0.05) is 95.4 Å². The van der Waals surface area contributed by atoms with Crippen LogP contribution >= 0.6 is 22.6 Å². The Morgan fingerprint density at radius 2 is 1.56 bits per heavy atom. The van der Waals surface area contributed by atoms with Gasteiger partial charge in [0.1, 0.15) is 18.2 Å². The van der Waals surface area contributed by atoms with E-state index in [-0.39, 0.29) is 13.0 Å². The molecule has 0 aromatic heterocycles. The largest absolute Gasteiger partial charge is 0.460 e. The summed E-state index contributed by atoms with van der Waals surface area (Å²) in [4.78, 5) is 27.8. The number of carbonyl (C=O) groups excluding carboxylic acids is 2. The fourth-order valence-electron chi connectivity index (χ4n) is 3.15. The molecule has 0 aliphatic heterocycles. The summed E-state index contributed by atoms with van der Waals surface area (Å²) in [6, 6.07) is 18.6. The van der Waals surface area contributed by atoms with Gasteiger partial charge in [0.2, 0.25) is 0 Å². The van der Waals surface area contributed by atoms with Crippen LogP contribution in [0.2, 0.25) is 0 Å². The number of halogens is 1. The predicted molar refractivity (Wildman–Crippen MR) is 135 cm³/mol. The summed E-state index contributed by atoms with van der Waals surface area (Å²) in [6.45, 7) is 10.7. The zero-order valence-electron chi connectivity index (χ0n) is 19.1. The topological polar surface area (TPSA) is 55.8 Å². The number of benzene rings is 2. The van der Waals surface area contributed by atoms with Crippen molar-refractivity contribution in [2.24, 2.45) is 0 Å². The van der Waals surface area contributed by atoms with Gasteiger partial charge < -0.3 is 9.47 Å². The molecular formula is C26H32INO4. The molecule has 2 rings (SSSR count). The van der Waals surface area contributed by atoms with Crippen LogP contribution in [0, 0.1) is 0 Å². The van der Waals surface area contributed by atoms with Crippen LogP contribution in [0.4, 0.5) is 0 Å². The van der Waals surface area contributed by atoms with E-state index in [2.05, 4.69) is 29.2 Å². The van der Waals surface area contributed by atoms with Gasteiger partial charge >= 0.3 is 11.9 Å². The first kappa shape index (κ1) is 26.1. The molecule has 172 valence electrons. The van der Waals surface area contributed by atoms with E-state index in [0.717, 1.165) is 21.1 Å². The molecule has 0 N–H and O–H groups in total. The molecule has 6 heteroatoms. The maximum Gasteiger partial charge on any atom is 0.324 e. The number of nitrogens with zero attached hydrogens (tertiary/aromatic N) is 1. The van der Waals surface area contributed by atoms with E-state index in [0.29, 0.717) is 13.1 Å². The summed E-state index contributed by atoms with van der Waals surface area (Å²) in [5.74, 6) is -0.880. The molecule has 0 aliphatic carbocycles. The molecule has 0 saturated heterocycles. The Bertz CT molecular complexity index is 878. The van der Waals surface area contributed by atoms with E-state index in [1.54, 1.807) is 0 Å². The maximum absolute atomic E-state index is 13.2. The summed E-state index contributed by atoms with van der Waals surface area (Å²) >= 11 is 2.25. The molecule has 1 atom stereocenters. The van der Waals surface area contributed by atoms with Gasteiger partial charge in [-0.25, -0.2) is 0 Å². The van der Waals surface area contributed by atoms with E-state index in [9.17, 15) is 9.59 Å². The molecule has 0 saturated carbocycles. The molecule has 2 aromatic carbocycles. The lowest BCUT2D eigenvalue weighted by Gasteiger charge is -2.31. The van der Waals surface area contributed by atoms with Crippen molar-refractivity contribution in [2.75, 3.05) is 11.0 Å². The fourth-order valence-corrected chi connectivity index (χ4v) is 3.39. The Morgan fingerprint density at radius 3 is 2.09 bits per heavy atom. The molecule has 0 aliphatic rings. The summed E-state index contributed by atoms with van der Waals surface area (Å²) in [7, 11) is 0. The third kappa shape index (κ3) is 9.53. The lowest BCUT2D eigenvalue weighted by Crippen LogP contribution is -2.45. The van der Waals surface area contributed by atoms with Crippen LogP contribution < -0.4 is 0 Å². The molecular weight excluding hydrogens is 517 g/mol. The van der Waals surface area contributed by atoms with E-state index in [1.807, 2.05) is 86.3 Å². The molecule has 0 heterocycles. The molecule has 32 heavy (non-hydrogen) atoms. The van der Waals surface area contributed by atoms with Crippen LogP contribution in [0.3, 0.4) is 0 Å². The average Bonchev–Trinajstić information content (AvgIpc) is 2.75. The van der Waals surface area contributed by atoms with Crippen molar-refractivity contribution in [3.05, 3.63) is 83.9 Å². The van der Waals surface area contributed by atoms with Gasteiger partial charge in [0.25, 0.3) is 0 Å². The van der Waals surface area contributed by atoms with E-state index < -0.39 is 23.6 Å². The van der Waals surface area contributed by atoms with Crippen molar-refractivity contribution in [1.29, 1.82) is 0 Å². The molecule has 0 fully saturated rings. The molecule has 5 nitrogen and oxygen atoms in total. The minimum atomic E-state index is -0.784. The van der Waals surface area contributed by atoms with E-state index in [4.69, 9.17) is 9.47 Å². The third-order valence-corrected chi connectivity index (χ3v) is 5.64. The van der Waals surface area contributed by atoms with Crippen molar-refractivity contribution in [3.63, 3.8) is 0 Å². The first-order chi connectivity index (χ1) is 15.2. The Morgan fingerprint density at radius 1 is 1.00 bits per heavy atom. The summed E-state index contributed by atoms with van der Waals surface area (Å²) < 4.78 is 11.9. The SMILES string of the molecule is C=C(CI)CN(Cc1ccccc1)[C@@H](CC(=O)OC(C)(C)C)C(=O)OCc1ccccc1. The van der Waals surface area contributed by atoms with Crippen LogP contribution in [0.1, 0.15) is 38.3 Å². The standard InChI is InChI=1S/C26H32INO4/c1-20(16-27)17-28(18-21-11-7-5-8-12-21)23(15-24(29)32-26(2,3)4)25(30)31-19-22-13-9-6-10-14-22/h5-14,23H,1,15-19H2,2-4H3/t23-/m0/s1.